The molecule has 0 spiro atoms. The first-order valence-electron chi connectivity index (χ1n) is 10.5. The number of benzene rings is 2. The summed E-state index contributed by atoms with van der Waals surface area (Å²) in [7, 11) is 0. The molecular weight excluding hydrogens is 428 g/mol. The monoisotopic (exact) mass is 450 g/mol. The van der Waals surface area contributed by atoms with Crippen LogP contribution < -0.4 is 10.6 Å². The molecule has 6 nitrogen and oxygen atoms in total. The Morgan fingerprint density at radius 1 is 0.647 bits per heavy atom. The van der Waals surface area contributed by atoms with E-state index in [1.54, 1.807) is 39.8 Å². The maximum atomic E-state index is 13.5. The van der Waals surface area contributed by atoms with Crippen LogP contribution in [-0.4, -0.2) is 33.9 Å². The van der Waals surface area contributed by atoms with Crippen LogP contribution >= 0.6 is 0 Å². The Balaban J connectivity index is 2.19. The number of carbonyl (C=O) groups is 2. The summed E-state index contributed by atoms with van der Waals surface area (Å²) < 4.78 is 0. The van der Waals surface area contributed by atoms with Crippen molar-refractivity contribution in [3.05, 3.63) is 46.5 Å². The molecule has 1 aliphatic carbocycles. The highest BCUT2D eigenvalue weighted by atomic mass is 16.3. The maximum Gasteiger partial charge on any atom is 0.200 e. The first kappa shape index (κ1) is 23.9. The van der Waals surface area contributed by atoms with Gasteiger partial charge in [-0.15, -0.1) is 0 Å². The summed E-state index contributed by atoms with van der Waals surface area (Å²) >= 11 is 0. The van der Waals surface area contributed by atoms with Crippen LogP contribution in [0.2, 0.25) is 0 Å². The van der Waals surface area contributed by atoms with Crippen LogP contribution in [0.5, 0.6) is 11.5 Å². The van der Waals surface area contributed by atoms with E-state index in [1.807, 2.05) is 0 Å². The van der Waals surface area contributed by atoms with Crippen molar-refractivity contribution >= 4 is 22.9 Å². The minimum absolute atomic E-state index is 0.0761. The highest BCUT2D eigenvalue weighted by Gasteiger charge is 2.38. The Kier molecular flexibility index (Phi) is 7.18. The fourth-order valence-corrected chi connectivity index (χ4v) is 3.56. The molecule has 0 saturated carbocycles. The zero-order valence-corrected chi connectivity index (χ0v) is 19.2. The molecule has 2 aromatic carbocycles. The van der Waals surface area contributed by atoms with E-state index < -0.39 is 11.6 Å². The van der Waals surface area contributed by atoms with Gasteiger partial charge in [-0.25, -0.2) is 0 Å². The van der Waals surface area contributed by atoms with E-state index in [4.69, 9.17) is 0 Å². The zero-order valence-electron chi connectivity index (χ0n) is 19.2. The van der Waals surface area contributed by atoms with Crippen molar-refractivity contribution in [2.24, 2.45) is 0 Å². The van der Waals surface area contributed by atoms with Gasteiger partial charge in [0, 0.05) is 11.4 Å². The van der Waals surface area contributed by atoms with Gasteiger partial charge >= 0.3 is 0 Å². The lowest BCUT2D eigenvalue weighted by molar-refractivity contribution is 0.0975. The van der Waals surface area contributed by atoms with Crippen molar-refractivity contribution < 1.29 is 19.8 Å². The fourth-order valence-electron chi connectivity index (χ4n) is 3.56. The number of ketones is 2. The minimum atomic E-state index is -0.590. The number of nitrogens with one attached hydrogen (secondary N) is 2. The second-order valence-electron chi connectivity index (χ2n) is 7.44. The number of hydrogen-bond donors (Lipinski definition) is 4. The highest BCUT2D eigenvalue weighted by molar-refractivity contribution is 6.33. The minimum Gasteiger partial charge on any atom is -0.507 e. The summed E-state index contributed by atoms with van der Waals surface area (Å²) in [6.07, 6.45) is 0. The van der Waals surface area contributed by atoms with Crippen molar-refractivity contribution in [3.8, 4) is 58.9 Å². The van der Waals surface area contributed by atoms with Crippen LogP contribution in [0.4, 0.5) is 11.4 Å². The third kappa shape index (κ3) is 4.68. The van der Waals surface area contributed by atoms with Crippen LogP contribution in [0.3, 0.4) is 0 Å². The second-order valence-corrected chi connectivity index (χ2v) is 7.44. The van der Waals surface area contributed by atoms with Crippen LogP contribution in [0.15, 0.2) is 24.3 Å². The predicted molar refractivity (Wildman–Crippen MR) is 132 cm³/mol. The Bertz CT molecular complexity index is 1330. The van der Waals surface area contributed by atoms with E-state index in [2.05, 4.69) is 58.0 Å². The first-order chi connectivity index (χ1) is 16.3. The van der Waals surface area contributed by atoms with E-state index in [9.17, 15) is 19.8 Å². The Labute approximate surface area is 198 Å². The molecule has 0 saturated heterocycles. The standard InChI is InChI=1S/C28H22N2O4/c1-5-7-9-11-17(3)29-19-13-14-20(30-18(4)12-10-8-6-2)24-23(19)27(33)25-21(31)15-16-22(32)26(25)28(24)34/h13-18,29-32H,1-4H3. The van der Waals surface area contributed by atoms with Gasteiger partial charge in [-0.1, -0.05) is 23.7 Å². The predicted octanol–water partition coefficient (Wildman–Crippen LogP) is 3.53. The van der Waals surface area contributed by atoms with Crippen molar-refractivity contribution in [2.75, 3.05) is 10.6 Å². The van der Waals surface area contributed by atoms with Crippen LogP contribution in [0.1, 0.15) is 59.5 Å². The zero-order chi connectivity index (χ0) is 24.8. The lowest BCUT2D eigenvalue weighted by atomic mass is 9.81. The molecule has 3 rings (SSSR count). The normalized spacial score (nSPS) is 12.5. The quantitative estimate of drug-likeness (QED) is 0.359. The van der Waals surface area contributed by atoms with Gasteiger partial charge in [0.15, 0.2) is 0 Å². The van der Waals surface area contributed by atoms with E-state index in [0.717, 1.165) is 0 Å². The number of aromatic hydroxyl groups is 2. The average molecular weight is 450 g/mol. The van der Waals surface area contributed by atoms with E-state index in [1.165, 1.54) is 12.1 Å². The SMILES string of the molecule is CC#CC#CC(C)Nc1ccc(NC(C)C#CC#CC)c2c1C(=O)c1c(O)ccc(O)c1C2=O. The van der Waals surface area contributed by atoms with Crippen LogP contribution in [-0.2, 0) is 0 Å². The number of rotatable bonds is 4. The van der Waals surface area contributed by atoms with E-state index in [0.29, 0.717) is 11.4 Å². The Morgan fingerprint density at radius 3 is 1.38 bits per heavy atom. The van der Waals surface area contributed by atoms with Gasteiger partial charge < -0.3 is 20.8 Å². The van der Waals surface area contributed by atoms with Gasteiger partial charge in [-0.2, -0.15) is 0 Å². The Morgan fingerprint density at radius 2 is 1.03 bits per heavy atom. The summed E-state index contributed by atoms with van der Waals surface area (Å²) in [5, 5.41) is 27.0. The first-order valence-corrected chi connectivity index (χ1v) is 10.5. The molecule has 0 amide bonds. The topological polar surface area (TPSA) is 98.7 Å². The molecule has 168 valence electrons. The molecule has 34 heavy (non-hydrogen) atoms. The number of phenols is 2. The van der Waals surface area contributed by atoms with E-state index >= 15 is 0 Å². The second kappa shape index (κ2) is 10.2. The summed E-state index contributed by atoms with van der Waals surface area (Å²) in [6, 6.07) is 4.92. The third-order valence-electron chi connectivity index (χ3n) is 4.97. The summed E-state index contributed by atoms with van der Waals surface area (Å²) in [5.41, 5.74) is 0.418. The number of fused-ring (bicyclic) bond motifs is 2. The van der Waals surface area contributed by atoms with Crippen LogP contribution in [0, 0.1) is 47.4 Å². The Hall–Kier alpha value is -4.78. The molecule has 6 heteroatoms. The van der Waals surface area contributed by atoms with Gasteiger partial charge in [0.05, 0.1) is 34.3 Å². The maximum absolute atomic E-state index is 13.5. The molecule has 0 bridgehead atoms. The van der Waals surface area contributed by atoms with Gasteiger partial charge in [0.25, 0.3) is 0 Å². The number of anilines is 2. The highest BCUT2D eigenvalue weighted by Crippen LogP contribution is 2.42. The molecule has 0 fully saturated rings. The average Bonchev–Trinajstić information content (AvgIpc) is 2.80. The van der Waals surface area contributed by atoms with Crippen molar-refractivity contribution in [1.29, 1.82) is 0 Å². The van der Waals surface area contributed by atoms with Gasteiger partial charge in [-0.05, 0) is 75.6 Å². The molecule has 0 aliphatic heterocycles. The van der Waals surface area contributed by atoms with Gasteiger partial charge in [-0.3, -0.25) is 9.59 Å². The van der Waals surface area contributed by atoms with Crippen molar-refractivity contribution in [3.63, 3.8) is 0 Å². The number of hydrogen-bond acceptors (Lipinski definition) is 6. The fraction of sp³-hybridized carbons (Fsp3) is 0.214. The molecule has 2 atom stereocenters. The summed E-state index contributed by atoms with van der Waals surface area (Å²) in [4.78, 5) is 27.1. The molecule has 1 aliphatic rings. The smallest absolute Gasteiger partial charge is 0.200 e. The van der Waals surface area contributed by atoms with Crippen molar-refractivity contribution in [2.45, 2.75) is 39.8 Å². The summed E-state index contributed by atoms with van der Waals surface area (Å²) in [6.45, 7) is 6.95. The van der Waals surface area contributed by atoms with Gasteiger partial charge in [0.2, 0.25) is 11.6 Å². The number of phenolic OH excluding ortho intramolecular Hbond substituents is 2. The lowest BCUT2D eigenvalue weighted by Crippen LogP contribution is -2.27. The largest absolute Gasteiger partial charge is 0.507 e. The molecular formula is C28H22N2O4. The number of carbonyl (C=O) groups excluding carboxylic acids is 2. The summed E-state index contributed by atoms with van der Waals surface area (Å²) in [5.74, 6) is 20.0. The lowest BCUT2D eigenvalue weighted by Gasteiger charge is -2.26. The van der Waals surface area contributed by atoms with E-state index in [-0.39, 0.29) is 45.8 Å². The molecule has 2 unspecified atom stereocenters. The van der Waals surface area contributed by atoms with Gasteiger partial charge in [0.1, 0.15) is 11.5 Å². The molecule has 0 radical (unpaired) electrons. The molecule has 2 aromatic rings. The molecule has 4 N–H and O–H groups in total. The molecule has 0 aromatic heterocycles. The third-order valence-corrected chi connectivity index (χ3v) is 4.97. The van der Waals surface area contributed by atoms with Crippen molar-refractivity contribution in [1.82, 2.24) is 0 Å². The van der Waals surface area contributed by atoms with Crippen LogP contribution in [0.25, 0.3) is 0 Å². The molecule has 0 heterocycles.